The summed E-state index contributed by atoms with van der Waals surface area (Å²) in [4.78, 5) is 26.1. The molecule has 3 aromatic rings. The second kappa shape index (κ2) is 6.92. The Balaban J connectivity index is 1.76. The molecule has 2 heterocycles. The van der Waals surface area contributed by atoms with Gasteiger partial charge in [0, 0.05) is 4.88 Å². The molecule has 0 saturated carbocycles. The van der Waals surface area contributed by atoms with Crippen molar-refractivity contribution >= 4 is 28.2 Å². The van der Waals surface area contributed by atoms with Crippen LogP contribution < -0.4 is 5.56 Å². The Labute approximate surface area is 142 Å². The van der Waals surface area contributed by atoms with Gasteiger partial charge in [0.15, 0.2) is 6.73 Å². The second-order valence-electron chi connectivity index (χ2n) is 5.41. The van der Waals surface area contributed by atoms with E-state index in [9.17, 15) is 9.59 Å². The summed E-state index contributed by atoms with van der Waals surface area (Å²) in [5.74, 6) is -0.452. The predicted octanol–water partition coefficient (Wildman–Crippen LogP) is 2.93. The van der Waals surface area contributed by atoms with E-state index < -0.39 is 5.97 Å². The number of fused-ring (bicyclic) bond motifs is 1. The van der Waals surface area contributed by atoms with Crippen molar-refractivity contribution in [3.63, 3.8) is 0 Å². The number of carbonyl (C=O) groups excluding carboxylic acids is 1. The monoisotopic (exact) mass is 343 g/mol. The first-order valence-electron chi connectivity index (χ1n) is 7.69. The molecule has 2 aromatic heterocycles. The van der Waals surface area contributed by atoms with Gasteiger partial charge in [-0.2, -0.15) is 4.68 Å². The molecule has 0 aliphatic carbocycles. The van der Waals surface area contributed by atoms with E-state index in [4.69, 9.17) is 4.74 Å². The lowest BCUT2D eigenvalue weighted by atomic mass is 10.1. The molecule has 0 N–H and O–H groups in total. The minimum absolute atomic E-state index is 0.254. The quantitative estimate of drug-likeness (QED) is 0.666. The summed E-state index contributed by atoms with van der Waals surface area (Å²) in [6.45, 7) is 3.83. The van der Waals surface area contributed by atoms with Gasteiger partial charge in [-0.3, -0.25) is 4.79 Å². The molecule has 124 valence electrons. The highest BCUT2D eigenvalue weighted by Gasteiger charge is 2.14. The molecule has 0 spiro atoms. The largest absolute Gasteiger partial charge is 0.438 e. The fraction of sp³-hybridized carbons (Fsp3) is 0.294. The van der Waals surface area contributed by atoms with Gasteiger partial charge in [0.1, 0.15) is 10.4 Å². The molecule has 0 aliphatic heterocycles. The lowest BCUT2D eigenvalue weighted by Crippen LogP contribution is -2.26. The van der Waals surface area contributed by atoms with Crippen LogP contribution in [0.5, 0.6) is 0 Å². The van der Waals surface area contributed by atoms with Crippen LogP contribution >= 0.6 is 11.3 Å². The third-order valence-electron chi connectivity index (χ3n) is 3.69. The maximum absolute atomic E-state index is 12.3. The summed E-state index contributed by atoms with van der Waals surface area (Å²) < 4.78 is 6.27. The van der Waals surface area contributed by atoms with Crippen LogP contribution in [0.15, 0.2) is 35.1 Å². The maximum Gasteiger partial charge on any atom is 0.350 e. The van der Waals surface area contributed by atoms with E-state index in [-0.39, 0.29) is 12.3 Å². The van der Waals surface area contributed by atoms with Crippen molar-refractivity contribution in [2.75, 3.05) is 0 Å². The topological polar surface area (TPSA) is 74.1 Å². The number of benzene rings is 1. The smallest absolute Gasteiger partial charge is 0.350 e. The first-order chi connectivity index (χ1) is 11.6. The van der Waals surface area contributed by atoms with Crippen LogP contribution in [0.2, 0.25) is 0 Å². The number of ether oxygens (including phenoxy) is 1. The van der Waals surface area contributed by atoms with E-state index in [1.54, 1.807) is 24.3 Å². The molecule has 0 radical (unpaired) electrons. The van der Waals surface area contributed by atoms with Crippen LogP contribution in [0.1, 0.15) is 33.5 Å². The molecule has 0 aliphatic rings. The lowest BCUT2D eigenvalue weighted by Gasteiger charge is -2.05. The van der Waals surface area contributed by atoms with Crippen LogP contribution in [-0.2, 0) is 17.9 Å². The average Bonchev–Trinajstić information content (AvgIpc) is 2.96. The highest BCUT2D eigenvalue weighted by Crippen LogP contribution is 2.23. The van der Waals surface area contributed by atoms with Crippen molar-refractivity contribution in [2.24, 2.45) is 0 Å². The number of rotatable bonds is 5. The standard InChI is InChI=1S/C17H17N3O3S/c1-3-6-12-9-15(24-11(12)2)17(22)23-10-20-16(21)13-7-4-5-8-14(13)18-19-20/h4-5,7-9H,3,6,10H2,1-2H3. The Hall–Kier alpha value is -2.54. The van der Waals surface area contributed by atoms with E-state index in [1.807, 2.05) is 13.0 Å². The zero-order valence-electron chi connectivity index (χ0n) is 13.5. The summed E-state index contributed by atoms with van der Waals surface area (Å²) in [6, 6.07) is 8.79. The van der Waals surface area contributed by atoms with Crippen LogP contribution in [-0.4, -0.2) is 21.0 Å². The fourth-order valence-electron chi connectivity index (χ4n) is 2.44. The third kappa shape index (κ3) is 3.21. The average molecular weight is 343 g/mol. The van der Waals surface area contributed by atoms with Crippen molar-refractivity contribution in [1.82, 2.24) is 15.0 Å². The molecule has 24 heavy (non-hydrogen) atoms. The number of carbonyl (C=O) groups is 1. The lowest BCUT2D eigenvalue weighted by molar-refractivity contribution is 0.0342. The fourth-order valence-corrected chi connectivity index (χ4v) is 3.40. The van der Waals surface area contributed by atoms with Gasteiger partial charge in [-0.15, -0.1) is 16.4 Å². The van der Waals surface area contributed by atoms with E-state index in [2.05, 4.69) is 17.2 Å². The number of nitrogens with zero attached hydrogens (tertiary/aromatic N) is 3. The number of hydrogen-bond donors (Lipinski definition) is 0. The highest BCUT2D eigenvalue weighted by molar-refractivity contribution is 7.14. The molecule has 0 fully saturated rings. The van der Waals surface area contributed by atoms with Gasteiger partial charge in [-0.1, -0.05) is 30.7 Å². The van der Waals surface area contributed by atoms with Crippen molar-refractivity contribution in [2.45, 2.75) is 33.4 Å². The molecule has 0 saturated heterocycles. The molecule has 0 bridgehead atoms. The molecule has 0 unspecified atom stereocenters. The highest BCUT2D eigenvalue weighted by atomic mass is 32.1. The number of esters is 1. The Morgan fingerprint density at radius 1 is 1.33 bits per heavy atom. The van der Waals surface area contributed by atoms with Crippen molar-refractivity contribution in [3.8, 4) is 0 Å². The van der Waals surface area contributed by atoms with E-state index in [0.29, 0.717) is 15.8 Å². The Morgan fingerprint density at radius 2 is 2.12 bits per heavy atom. The predicted molar refractivity (Wildman–Crippen MR) is 92.3 cm³/mol. The van der Waals surface area contributed by atoms with Crippen molar-refractivity contribution < 1.29 is 9.53 Å². The van der Waals surface area contributed by atoms with Crippen LogP contribution in [0, 0.1) is 6.92 Å². The molecule has 3 rings (SSSR count). The van der Waals surface area contributed by atoms with Crippen molar-refractivity contribution in [3.05, 3.63) is 56.0 Å². The third-order valence-corrected chi connectivity index (χ3v) is 4.76. The number of hydrogen-bond acceptors (Lipinski definition) is 6. The summed E-state index contributed by atoms with van der Waals surface area (Å²) >= 11 is 1.41. The maximum atomic E-state index is 12.3. The first-order valence-corrected chi connectivity index (χ1v) is 8.50. The van der Waals surface area contributed by atoms with Gasteiger partial charge >= 0.3 is 5.97 Å². The van der Waals surface area contributed by atoms with Gasteiger partial charge < -0.3 is 4.74 Å². The summed E-state index contributed by atoms with van der Waals surface area (Å²) in [6.07, 6.45) is 1.96. The van der Waals surface area contributed by atoms with Gasteiger partial charge in [-0.05, 0) is 37.1 Å². The summed E-state index contributed by atoms with van der Waals surface area (Å²) in [7, 11) is 0. The zero-order valence-corrected chi connectivity index (χ0v) is 14.3. The second-order valence-corrected chi connectivity index (χ2v) is 6.67. The minimum Gasteiger partial charge on any atom is -0.438 e. The number of aromatic nitrogens is 3. The molecule has 7 heteroatoms. The summed E-state index contributed by atoms with van der Waals surface area (Å²) in [5.41, 5.74) is 1.35. The van der Waals surface area contributed by atoms with Crippen LogP contribution in [0.4, 0.5) is 0 Å². The Bertz CT molecular complexity index is 946. The normalized spacial score (nSPS) is 10.9. The van der Waals surface area contributed by atoms with Gasteiger partial charge in [0.05, 0.1) is 5.39 Å². The Morgan fingerprint density at radius 3 is 2.92 bits per heavy atom. The van der Waals surface area contributed by atoms with Crippen molar-refractivity contribution in [1.29, 1.82) is 0 Å². The molecule has 1 aromatic carbocycles. The SMILES string of the molecule is CCCc1cc(C(=O)OCn2nnc3ccccc3c2=O)sc1C. The van der Waals surface area contributed by atoms with Crippen LogP contribution in [0.25, 0.3) is 10.9 Å². The minimum atomic E-state index is -0.452. The zero-order chi connectivity index (χ0) is 17.1. The molecule has 0 amide bonds. The van der Waals surface area contributed by atoms with Crippen LogP contribution in [0.3, 0.4) is 0 Å². The summed E-state index contributed by atoms with van der Waals surface area (Å²) in [5, 5.41) is 8.21. The number of aryl methyl sites for hydroxylation is 2. The van der Waals surface area contributed by atoms with E-state index in [1.165, 1.54) is 11.3 Å². The van der Waals surface area contributed by atoms with Gasteiger partial charge in [0.2, 0.25) is 0 Å². The van der Waals surface area contributed by atoms with E-state index in [0.717, 1.165) is 28.0 Å². The molecule has 0 atom stereocenters. The molecule has 6 nitrogen and oxygen atoms in total. The van der Waals surface area contributed by atoms with Gasteiger partial charge in [-0.25, -0.2) is 4.79 Å². The molecular formula is C17H17N3O3S. The number of thiophene rings is 1. The van der Waals surface area contributed by atoms with E-state index >= 15 is 0 Å². The first kappa shape index (κ1) is 16.3. The van der Waals surface area contributed by atoms with Gasteiger partial charge in [0.25, 0.3) is 5.56 Å². The Kier molecular flexibility index (Phi) is 4.71. The molecular weight excluding hydrogens is 326 g/mol.